The van der Waals surface area contributed by atoms with E-state index in [4.69, 9.17) is 4.74 Å². The molecule has 0 aromatic carbocycles. The number of hydrogen-bond donors (Lipinski definition) is 1. The van der Waals surface area contributed by atoms with E-state index in [-0.39, 0.29) is 6.10 Å². The summed E-state index contributed by atoms with van der Waals surface area (Å²) in [4.78, 5) is 0. The smallest absolute Gasteiger partial charge is 0.0672 e. The maximum absolute atomic E-state index is 9.72. The van der Waals surface area contributed by atoms with Crippen molar-refractivity contribution >= 4 is 0 Å². The van der Waals surface area contributed by atoms with Crippen molar-refractivity contribution in [3.8, 4) is 0 Å². The summed E-state index contributed by atoms with van der Waals surface area (Å²) in [5, 5.41) is 9.72. The van der Waals surface area contributed by atoms with Crippen LogP contribution in [0.1, 0.15) is 0 Å². The van der Waals surface area contributed by atoms with Gasteiger partial charge in [-0.2, -0.15) is 0 Å². The largest absolute Gasteiger partial charge is 0.392 e. The first-order valence-corrected chi connectivity index (χ1v) is 4.32. The van der Waals surface area contributed by atoms with E-state index in [0.29, 0.717) is 23.7 Å². The van der Waals surface area contributed by atoms with Gasteiger partial charge in [-0.3, -0.25) is 0 Å². The number of aliphatic hydroxyl groups is 1. The highest BCUT2D eigenvalue weighted by Gasteiger charge is 2.53. The number of fused-ring (bicyclic) bond motifs is 5. The third-order valence-electron chi connectivity index (χ3n) is 3.50. The number of ether oxygens (including phenoxy) is 1. The molecule has 0 aromatic rings. The summed E-state index contributed by atoms with van der Waals surface area (Å²) in [6.45, 7) is 1.74. The van der Waals surface area contributed by atoms with E-state index in [0.717, 1.165) is 13.2 Å². The Hall–Kier alpha value is -0.340. The molecule has 1 aliphatic heterocycles. The second-order valence-electron chi connectivity index (χ2n) is 3.90. The Morgan fingerprint density at radius 1 is 1.09 bits per heavy atom. The molecule has 4 atom stereocenters. The predicted octanol–water partition coefficient (Wildman–Crippen LogP) is 0.426. The fraction of sp³-hybridized carbons (Fsp3) is 0.778. The fourth-order valence-corrected chi connectivity index (χ4v) is 2.91. The summed E-state index contributed by atoms with van der Waals surface area (Å²) in [6.07, 6.45) is 4.25. The molecule has 0 aromatic heterocycles. The van der Waals surface area contributed by atoms with Crippen molar-refractivity contribution < 1.29 is 9.84 Å². The van der Waals surface area contributed by atoms with Crippen LogP contribution in [-0.4, -0.2) is 24.4 Å². The molecular formula is C9H12O2. The van der Waals surface area contributed by atoms with Crippen LogP contribution in [0.15, 0.2) is 12.2 Å². The van der Waals surface area contributed by atoms with Crippen molar-refractivity contribution in [3.63, 3.8) is 0 Å². The Morgan fingerprint density at radius 3 is 2.18 bits per heavy atom. The second-order valence-corrected chi connectivity index (χ2v) is 3.90. The van der Waals surface area contributed by atoms with Crippen molar-refractivity contribution in [2.24, 2.45) is 23.7 Å². The molecule has 2 nitrogen and oxygen atoms in total. The first-order valence-electron chi connectivity index (χ1n) is 4.32. The summed E-state index contributed by atoms with van der Waals surface area (Å²) >= 11 is 0. The van der Waals surface area contributed by atoms with Gasteiger partial charge in [-0.05, 0) is 11.8 Å². The van der Waals surface area contributed by atoms with Crippen LogP contribution in [0.2, 0.25) is 0 Å². The Kier molecular flexibility index (Phi) is 1.06. The lowest BCUT2D eigenvalue weighted by Gasteiger charge is -2.15. The highest BCUT2D eigenvalue weighted by molar-refractivity contribution is 5.19. The minimum Gasteiger partial charge on any atom is -0.392 e. The van der Waals surface area contributed by atoms with E-state index in [9.17, 15) is 5.11 Å². The molecule has 3 rings (SSSR count). The fourth-order valence-electron chi connectivity index (χ4n) is 2.91. The Morgan fingerprint density at radius 2 is 1.64 bits per heavy atom. The highest BCUT2D eigenvalue weighted by Crippen LogP contribution is 2.50. The molecule has 0 spiro atoms. The van der Waals surface area contributed by atoms with Gasteiger partial charge in [-0.15, -0.1) is 0 Å². The van der Waals surface area contributed by atoms with Gasteiger partial charge in [0.1, 0.15) is 0 Å². The van der Waals surface area contributed by atoms with Gasteiger partial charge in [0.15, 0.2) is 0 Å². The first kappa shape index (κ1) is 6.21. The first-order chi connectivity index (χ1) is 5.38. The zero-order valence-corrected chi connectivity index (χ0v) is 6.31. The molecule has 1 saturated carbocycles. The lowest BCUT2D eigenvalue weighted by Crippen LogP contribution is -2.17. The molecule has 0 amide bonds. The average Bonchev–Trinajstić information content (AvgIpc) is 2.61. The molecular weight excluding hydrogens is 140 g/mol. The summed E-state index contributed by atoms with van der Waals surface area (Å²) < 4.78 is 5.39. The van der Waals surface area contributed by atoms with Crippen LogP contribution >= 0.6 is 0 Å². The Balaban J connectivity index is 1.99. The van der Waals surface area contributed by atoms with E-state index in [1.54, 1.807) is 0 Å². The minimum absolute atomic E-state index is 0.0890. The van der Waals surface area contributed by atoms with Crippen molar-refractivity contribution in [2.75, 3.05) is 13.2 Å². The molecule has 1 heterocycles. The maximum Gasteiger partial charge on any atom is 0.0672 e. The molecule has 2 heteroatoms. The van der Waals surface area contributed by atoms with Gasteiger partial charge in [-0.1, -0.05) is 12.2 Å². The van der Waals surface area contributed by atoms with E-state index < -0.39 is 0 Å². The van der Waals surface area contributed by atoms with Gasteiger partial charge in [-0.25, -0.2) is 0 Å². The molecule has 2 aliphatic carbocycles. The van der Waals surface area contributed by atoms with Crippen LogP contribution in [0.3, 0.4) is 0 Å². The zero-order chi connectivity index (χ0) is 7.42. The molecule has 11 heavy (non-hydrogen) atoms. The molecule has 2 bridgehead atoms. The number of rotatable bonds is 0. The van der Waals surface area contributed by atoms with E-state index in [1.807, 2.05) is 0 Å². The van der Waals surface area contributed by atoms with Crippen LogP contribution in [0.25, 0.3) is 0 Å². The van der Waals surface area contributed by atoms with Crippen LogP contribution in [0.4, 0.5) is 0 Å². The normalized spacial score (nSPS) is 58.8. The van der Waals surface area contributed by atoms with Crippen LogP contribution in [-0.2, 0) is 4.74 Å². The molecule has 1 N–H and O–H groups in total. The zero-order valence-electron chi connectivity index (χ0n) is 6.31. The predicted molar refractivity (Wildman–Crippen MR) is 39.9 cm³/mol. The van der Waals surface area contributed by atoms with Crippen LogP contribution < -0.4 is 0 Å². The molecule has 1 saturated heterocycles. The van der Waals surface area contributed by atoms with Crippen molar-refractivity contribution in [1.82, 2.24) is 0 Å². The van der Waals surface area contributed by atoms with Crippen molar-refractivity contribution in [3.05, 3.63) is 12.2 Å². The number of hydrogen-bond acceptors (Lipinski definition) is 2. The van der Waals surface area contributed by atoms with Crippen LogP contribution in [0.5, 0.6) is 0 Å². The quantitative estimate of drug-likeness (QED) is 0.510. The topological polar surface area (TPSA) is 29.5 Å². The van der Waals surface area contributed by atoms with Gasteiger partial charge in [0, 0.05) is 11.8 Å². The third kappa shape index (κ3) is 0.603. The molecule has 2 fully saturated rings. The SMILES string of the molecule is OC1[C@H]2C=C[C@H]1[C@@H]1COC[C@H]12. The minimum atomic E-state index is -0.0890. The summed E-state index contributed by atoms with van der Waals surface area (Å²) in [6, 6.07) is 0. The number of aliphatic hydroxyl groups excluding tert-OH is 1. The van der Waals surface area contributed by atoms with Gasteiger partial charge in [0.25, 0.3) is 0 Å². The van der Waals surface area contributed by atoms with E-state index >= 15 is 0 Å². The standard InChI is InChI=1S/C9H12O2/c10-9-5-1-2-6(9)8-4-11-3-7(5)8/h1-2,5-10H,3-4H2/t5-,6-,7-,8-/m0/s1. The molecule has 3 aliphatic rings. The van der Waals surface area contributed by atoms with Crippen molar-refractivity contribution in [2.45, 2.75) is 6.10 Å². The van der Waals surface area contributed by atoms with Crippen LogP contribution in [0, 0.1) is 23.7 Å². The molecule has 0 unspecified atom stereocenters. The lowest BCUT2D eigenvalue weighted by atomic mass is 9.86. The Labute approximate surface area is 65.9 Å². The lowest BCUT2D eigenvalue weighted by molar-refractivity contribution is 0.0884. The van der Waals surface area contributed by atoms with Gasteiger partial charge < -0.3 is 9.84 Å². The monoisotopic (exact) mass is 152 g/mol. The summed E-state index contributed by atoms with van der Waals surface area (Å²) in [5.41, 5.74) is 0. The summed E-state index contributed by atoms with van der Waals surface area (Å²) in [5.74, 6) is 2.07. The second kappa shape index (κ2) is 1.87. The molecule has 0 radical (unpaired) electrons. The maximum atomic E-state index is 9.72. The van der Waals surface area contributed by atoms with Gasteiger partial charge >= 0.3 is 0 Å². The highest BCUT2D eigenvalue weighted by atomic mass is 16.5. The van der Waals surface area contributed by atoms with Gasteiger partial charge in [0.05, 0.1) is 19.3 Å². The van der Waals surface area contributed by atoms with E-state index in [2.05, 4.69) is 12.2 Å². The third-order valence-corrected chi connectivity index (χ3v) is 3.50. The molecule has 60 valence electrons. The van der Waals surface area contributed by atoms with Gasteiger partial charge in [0.2, 0.25) is 0 Å². The van der Waals surface area contributed by atoms with Crippen molar-refractivity contribution in [1.29, 1.82) is 0 Å². The average molecular weight is 152 g/mol. The Bertz CT molecular complexity index is 192. The summed E-state index contributed by atoms with van der Waals surface area (Å²) in [7, 11) is 0. The van der Waals surface area contributed by atoms with E-state index in [1.165, 1.54) is 0 Å².